The topological polar surface area (TPSA) is 20.2 Å². The molecule has 1 N–H and O–H groups in total. The van der Waals surface area contributed by atoms with Crippen LogP contribution in [0.5, 0.6) is 0 Å². The summed E-state index contributed by atoms with van der Waals surface area (Å²) in [5, 5.41) is 9.85. The minimum Gasteiger partial charge on any atom is -0.392 e. The molecule has 2 atom stereocenters. The maximum atomic E-state index is 9.85. The number of aliphatic hydroxyl groups excluding tert-OH is 1. The normalized spacial score (nSPS) is 40.4. The Morgan fingerprint density at radius 2 is 2.00 bits per heavy atom. The summed E-state index contributed by atoms with van der Waals surface area (Å²) >= 11 is 0. The van der Waals surface area contributed by atoms with E-state index in [2.05, 4.69) is 13.8 Å². The first kappa shape index (κ1) is 7.60. The highest BCUT2D eigenvalue weighted by Gasteiger charge is 2.56. The van der Waals surface area contributed by atoms with Crippen LogP contribution in [-0.4, -0.2) is 11.2 Å². The molecule has 0 amide bonds. The van der Waals surface area contributed by atoms with Crippen LogP contribution in [0.1, 0.15) is 39.5 Å². The molecule has 1 heteroatoms. The summed E-state index contributed by atoms with van der Waals surface area (Å²) in [6, 6.07) is 0. The third kappa shape index (κ3) is 0.868. The largest absolute Gasteiger partial charge is 0.392 e. The minimum atomic E-state index is 0.0382. The van der Waals surface area contributed by atoms with Gasteiger partial charge in [-0.3, -0.25) is 0 Å². The quantitative estimate of drug-likeness (QED) is 0.614. The summed E-state index contributed by atoms with van der Waals surface area (Å²) < 4.78 is 0. The molecular weight excluding hydrogens is 136 g/mol. The van der Waals surface area contributed by atoms with Gasteiger partial charge in [-0.25, -0.2) is 0 Å². The van der Waals surface area contributed by atoms with Crippen LogP contribution in [0.3, 0.4) is 0 Å². The number of hydrogen-bond acceptors (Lipinski definition) is 1. The van der Waals surface area contributed by atoms with Gasteiger partial charge in [-0.15, -0.1) is 0 Å². The van der Waals surface area contributed by atoms with Gasteiger partial charge in [0.2, 0.25) is 0 Å². The molecule has 11 heavy (non-hydrogen) atoms. The molecular formula is C10H18O. The molecule has 2 aliphatic rings. The highest BCUT2D eigenvalue weighted by Crippen LogP contribution is 2.60. The molecule has 0 saturated heterocycles. The van der Waals surface area contributed by atoms with Crippen LogP contribution in [0.25, 0.3) is 0 Å². The molecule has 0 aromatic carbocycles. The first-order chi connectivity index (χ1) is 5.16. The van der Waals surface area contributed by atoms with E-state index in [4.69, 9.17) is 0 Å². The summed E-state index contributed by atoms with van der Waals surface area (Å²) in [6.07, 6.45) is 5.26. The number of hydrogen-bond donors (Lipinski definition) is 1. The average Bonchev–Trinajstić information content (AvgIpc) is 1.80. The number of rotatable bonds is 1. The van der Waals surface area contributed by atoms with E-state index in [-0.39, 0.29) is 6.10 Å². The highest BCUT2D eigenvalue weighted by molar-refractivity contribution is 5.06. The van der Waals surface area contributed by atoms with Crippen molar-refractivity contribution in [2.24, 2.45) is 17.3 Å². The van der Waals surface area contributed by atoms with E-state index in [9.17, 15) is 5.11 Å². The fourth-order valence-electron chi connectivity index (χ4n) is 2.73. The Bertz CT molecular complexity index is 158. The molecule has 64 valence electrons. The minimum absolute atomic E-state index is 0.0382. The van der Waals surface area contributed by atoms with Crippen LogP contribution in [-0.2, 0) is 0 Å². The van der Waals surface area contributed by atoms with Gasteiger partial charge in [-0.05, 0) is 36.5 Å². The van der Waals surface area contributed by atoms with Gasteiger partial charge in [-0.1, -0.05) is 20.3 Å². The molecule has 1 spiro atoms. The van der Waals surface area contributed by atoms with Crippen molar-refractivity contribution in [3.63, 3.8) is 0 Å². The average molecular weight is 154 g/mol. The molecule has 0 aromatic heterocycles. The molecule has 1 nitrogen and oxygen atoms in total. The Hall–Kier alpha value is -0.0400. The predicted octanol–water partition coefficient (Wildman–Crippen LogP) is 2.19. The first-order valence-electron chi connectivity index (χ1n) is 4.84. The molecule has 2 aliphatic carbocycles. The monoisotopic (exact) mass is 154 g/mol. The van der Waals surface area contributed by atoms with Crippen molar-refractivity contribution in [2.75, 3.05) is 0 Å². The molecule has 0 aliphatic heterocycles. The standard InChI is InChI=1S/C10H18O/c1-7(2)8-6-10(9(8)11)4-3-5-10/h7-9,11H,3-6H2,1-2H3. The lowest BCUT2D eigenvalue weighted by atomic mass is 9.48. The predicted molar refractivity (Wildman–Crippen MR) is 45.2 cm³/mol. The summed E-state index contributed by atoms with van der Waals surface area (Å²) in [4.78, 5) is 0. The molecule has 0 heterocycles. The highest BCUT2D eigenvalue weighted by atomic mass is 16.3. The van der Waals surface area contributed by atoms with Crippen molar-refractivity contribution in [3.8, 4) is 0 Å². The Labute approximate surface area is 68.8 Å². The molecule has 0 aromatic rings. The van der Waals surface area contributed by atoms with Crippen LogP contribution in [0.4, 0.5) is 0 Å². The summed E-state index contributed by atoms with van der Waals surface area (Å²) in [5.41, 5.74) is 0.412. The first-order valence-corrected chi connectivity index (χ1v) is 4.84. The smallest absolute Gasteiger partial charge is 0.0627 e. The summed E-state index contributed by atoms with van der Waals surface area (Å²) in [6.45, 7) is 4.44. The molecule has 2 saturated carbocycles. The summed E-state index contributed by atoms with van der Waals surface area (Å²) in [7, 11) is 0. The molecule has 0 radical (unpaired) electrons. The maximum Gasteiger partial charge on any atom is 0.0627 e. The second-order valence-corrected chi connectivity index (χ2v) is 4.77. The van der Waals surface area contributed by atoms with Gasteiger partial charge >= 0.3 is 0 Å². The van der Waals surface area contributed by atoms with Crippen LogP contribution in [0.2, 0.25) is 0 Å². The molecule has 2 fully saturated rings. The van der Waals surface area contributed by atoms with E-state index in [1.165, 1.54) is 25.7 Å². The van der Waals surface area contributed by atoms with Crippen molar-refractivity contribution in [2.45, 2.75) is 45.6 Å². The van der Waals surface area contributed by atoms with Crippen LogP contribution in [0.15, 0.2) is 0 Å². The zero-order valence-electron chi connectivity index (χ0n) is 7.51. The molecule has 2 unspecified atom stereocenters. The zero-order chi connectivity index (χ0) is 8.06. The molecule has 2 rings (SSSR count). The van der Waals surface area contributed by atoms with Crippen molar-refractivity contribution in [1.82, 2.24) is 0 Å². The SMILES string of the molecule is CC(C)C1CC2(CCC2)C1O. The van der Waals surface area contributed by atoms with E-state index in [0.29, 0.717) is 17.3 Å². The van der Waals surface area contributed by atoms with Crippen LogP contribution < -0.4 is 0 Å². The Balaban J connectivity index is 1.95. The lowest BCUT2D eigenvalue weighted by molar-refractivity contribution is -0.177. The fourth-order valence-corrected chi connectivity index (χ4v) is 2.73. The van der Waals surface area contributed by atoms with E-state index in [0.717, 1.165) is 0 Å². The van der Waals surface area contributed by atoms with E-state index < -0.39 is 0 Å². The Kier molecular flexibility index (Phi) is 1.54. The second-order valence-electron chi connectivity index (χ2n) is 4.77. The Morgan fingerprint density at radius 3 is 2.27 bits per heavy atom. The van der Waals surface area contributed by atoms with E-state index in [1.807, 2.05) is 0 Å². The van der Waals surface area contributed by atoms with Gasteiger partial charge < -0.3 is 5.11 Å². The van der Waals surface area contributed by atoms with Crippen molar-refractivity contribution in [3.05, 3.63) is 0 Å². The van der Waals surface area contributed by atoms with Crippen molar-refractivity contribution < 1.29 is 5.11 Å². The zero-order valence-corrected chi connectivity index (χ0v) is 7.51. The van der Waals surface area contributed by atoms with Gasteiger partial charge in [-0.2, -0.15) is 0 Å². The van der Waals surface area contributed by atoms with Gasteiger partial charge in [0.1, 0.15) is 0 Å². The van der Waals surface area contributed by atoms with Crippen LogP contribution >= 0.6 is 0 Å². The van der Waals surface area contributed by atoms with E-state index in [1.54, 1.807) is 0 Å². The number of aliphatic hydroxyl groups is 1. The molecule has 0 bridgehead atoms. The van der Waals surface area contributed by atoms with Gasteiger partial charge in [0, 0.05) is 0 Å². The van der Waals surface area contributed by atoms with Crippen molar-refractivity contribution in [1.29, 1.82) is 0 Å². The third-order valence-corrected chi connectivity index (χ3v) is 3.88. The van der Waals surface area contributed by atoms with Gasteiger partial charge in [0.15, 0.2) is 0 Å². The Morgan fingerprint density at radius 1 is 1.36 bits per heavy atom. The lowest BCUT2D eigenvalue weighted by Crippen LogP contribution is -2.57. The summed E-state index contributed by atoms with van der Waals surface area (Å²) in [5.74, 6) is 1.28. The third-order valence-electron chi connectivity index (χ3n) is 3.88. The van der Waals surface area contributed by atoms with Gasteiger partial charge in [0.25, 0.3) is 0 Å². The second kappa shape index (κ2) is 2.22. The van der Waals surface area contributed by atoms with E-state index >= 15 is 0 Å². The van der Waals surface area contributed by atoms with Crippen LogP contribution in [0, 0.1) is 17.3 Å². The maximum absolute atomic E-state index is 9.85. The fraction of sp³-hybridized carbons (Fsp3) is 1.00. The van der Waals surface area contributed by atoms with Gasteiger partial charge in [0.05, 0.1) is 6.10 Å². The lowest BCUT2D eigenvalue weighted by Gasteiger charge is -2.59. The van der Waals surface area contributed by atoms with Crippen molar-refractivity contribution >= 4 is 0 Å².